The summed E-state index contributed by atoms with van der Waals surface area (Å²) in [5.41, 5.74) is 2.25. The Labute approximate surface area is 106 Å². The van der Waals surface area contributed by atoms with Crippen molar-refractivity contribution in [2.24, 2.45) is 10.9 Å². The van der Waals surface area contributed by atoms with E-state index >= 15 is 0 Å². The molecule has 0 aliphatic carbocycles. The second-order valence-corrected chi connectivity index (χ2v) is 4.84. The standard InChI is InChI=1S/C14H27NO2/c1-12(2)10-14(5)15-6-7-16-8-9-17-11-13(3)4/h12H,3,6-11H2,1-2,4-5H3. The molecule has 100 valence electrons. The van der Waals surface area contributed by atoms with Crippen molar-refractivity contribution in [3.05, 3.63) is 12.2 Å². The number of hydrogen-bond donors (Lipinski definition) is 0. The van der Waals surface area contributed by atoms with E-state index in [0.29, 0.717) is 32.3 Å². The van der Waals surface area contributed by atoms with Gasteiger partial charge in [-0.05, 0) is 26.2 Å². The monoisotopic (exact) mass is 241 g/mol. The van der Waals surface area contributed by atoms with E-state index in [-0.39, 0.29) is 0 Å². The maximum absolute atomic E-state index is 5.41. The molecule has 3 nitrogen and oxygen atoms in total. The Morgan fingerprint density at radius 3 is 2.35 bits per heavy atom. The van der Waals surface area contributed by atoms with E-state index < -0.39 is 0 Å². The Bertz CT molecular complexity index is 234. The lowest BCUT2D eigenvalue weighted by Gasteiger charge is -2.06. The van der Waals surface area contributed by atoms with Crippen LogP contribution in [-0.4, -0.2) is 38.7 Å². The first-order chi connectivity index (χ1) is 8.02. The highest BCUT2D eigenvalue weighted by Crippen LogP contribution is 2.00. The average Bonchev–Trinajstić information content (AvgIpc) is 2.20. The molecule has 3 heteroatoms. The van der Waals surface area contributed by atoms with Crippen molar-refractivity contribution in [3.63, 3.8) is 0 Å². The maximum Gasteiger partial charge on any atom is 0.0704 e. The van der Waals surface area contributed by atoms with Crippen LogP contribution in [0.1, 0.15) is 34.1 Å². The molecule has 0 rings (SSSR count). The van der Waals surface area contributed by atoms with E-state index in [1.54, 1.807) is 0 Å². The number of hydrogen-bond acceptors (Lipinski definition) is 3. The van der Waals surface area contributed by atoms with E-state index in [1.807, 2.05) is 6.92 Å². The molecule has 0 aliphatic heterocycles. The summed E-state index contributed by atoms with van der Waals surface area (Å²) in [4.78, 5) is 4.45. The topological polar surface area (TPSA) is 30.8 Å². The van der Waals surface area contributed by atoms with Crippen LogP contribution in [0, 0.1) is 5.92 Å². The molecule has 0 saturated heterocycles. The number of nitrogens with zero attached hydrogens (tertiary/aromatic N) is 1. The summed E-state index contributed by atoms with van der Waals surface area (Å²) in [6.45, 7) is 15.5. The SMILES string of the molecule is C=C(C)COCCOCCN=C(C)CC(C)C. The second kappa shape index (κ2) is 10.5. The van der Waals surface area contributed by atoms with Crippen molar-refractivity contribution in [3.8, 4) is 0 Å². The van der Waals surface area contributed by atoms with Crippen LogP contribution in [0.2, 0.25) is 0 Å². The second-order valence-electron chi connectivity index (χ2n) is 4.84. The Morgan fingerprint density at radius 1 is 1.12 bits per heavy atom. The van der Waals surface area contributed by atoms with Crippen LogP contribution >= 0.6 is 0 Å². The highest BCUT2D eigenvalue weighted by molar-refractivity contribution is 5.82. The summed E-state index contributed by atoms with van der Waals surface area (Å²) in [6.07, 6.45) is 1.07. The Balaban J connectivity index is 3.31. The zero-order valence-corrected chi connectivity index (χ0v) is 11.8. The van der Waals surface area contributed by atoms with Gasteiger partial charge in [0.25, 0.3) is 0 Å². The molecule has 0 spiro atoms. The van der Waals surface area contributed by atoms with Crippen LogP contribution in [0.5, 0.6) is 0 Å². The van der Waals surface area contributed by atoms with E-state index in [4.69, 9.17) is 9.47 Å². The van der Waals surface area contributed by atoms with Gasteiger partial charge in [0, 0.05) is 5.71 Å². The first-order valence-corrected chi connectivity index (χ1v) is 6.32. The van der Waals surface area contributed by atoms with Crippen molar-refractivity contribution in [2.75, 3.05) is 33.0 Å². The van der Waals surface area contributed by atoms with Gasteiger partial charge in [0.05, 0.1) is 33.0 Å². The van der Waals surface area contributed by atoms with Gasteiger partial charge in [-0.25, -0.2) is 0 Å². The lowest BCUT2D eigenvalue weighted by molar-refractivity contribution is 0.0598. The molecule has 0 aliphatic rings. The van der Waals surface area contributed by atoms with Crippen LogP contribution in [0.4, 0.5) is 0 Å². The summed E-state index contributed by atoms with van der Waals surface area (Å²) in [7, 11) is 0. The molecular formula is C14H27NO2. The van der Waals surface area contributed by atoms with Gasteiger partial charge in [0.2, 0.25) is 0 Å². The third-order valence-corrected chi connectivity index (χ3v) is 2.04. The number of ether oxygens (including phenoxy) is 2. The highest BCUT2D eigenvalue weighted by atomic mass is 16.5. The van der Waals surface area contributed by atoms with Crippen LogP contribution in [-0.2, 0) is 9.47 Å². The fourth-order valence-electron chi connectivity index (χ4n) is 1.42. The summed E-state index contributed by atoms with van der Waals surface area (Å²) < 4.78 is 10.7. The summed E-state index contributed by atoms with van der Waals surface area (Å²) in [5.74, 6) is 0.676. The molecule has 0 N–H and O–H groups in total. The minimum Gasteiger partial charge on any atom is -0.377 e. The van der Waals surface area contributed by atoms with Crippen molar-refractivity contribution >= 4 is 5.71 Å². The van der Waals surface area contributed by atoms with Gasteiger partial charge in [-0.15, -0.1) is 0 Å². The third-order valence-electron chi connectivity index (χ3n) is 2.04. The third kappa shape index (κ3) is 13.3. The Morgan fingerprint density at radius 2 is 1.76 bits per heavy atom. The zero-order chi connectivity index (χ0) is 13.1. The van der Waals surface area contributed by atoms with Crippen molar-refractivity contribution in [1.29, 1.82) is 0 Å². The molecule has 0 aromatic rings. The first kappa shape index (κ1) is 16.3. The highest BCUT2D eigenvalue weighted by Gasteiger charge is 1.96. The van der Waals surface area contributed by atoms with E-state index in [0.717, 1.165) is 18.5 Å². The van der Waals surface area contributed by atoms with Gasteiger partial charge < -0.3 is 9.47 Å². The predicted molar refractivity (Wildman–Crippen MR) is 73.9 cm³/mol. The molecular weight excluding hydrogens is 214 g/mol. The van der Waals surface area contributed by atoms with Crippen molar-refractivity contribution < 1.29 is 9.47 Å². The number of aliphatic imine (C=N–C) groups is 1. The van der Waals surface area contributed by atoms with Gasteiger partial charge >= 0.3 is 0 Å². The fourth-order valence-corrected chi connectivity index (χ4v) is 1.42. The van der Waals surface area contributed by atoms with Crippen molar-refractivity contribution in [1.82, 2.24) is 0 Å². The molecule has 0 amide bonds. The zero-order valence-electron chi connectivity index (χ0n) is 11.8. The molecule has 0 fully saturated rings. The van der Waals surface area contributed by atoms with Crippen LogP contribution in [0.15, 0.2) is 17.1 Å². The van der Waals surface area contributed by atoms with Gasteiger partial charge in [-0.3, -0.25) is 4.99 Å². The molecule has 0 unspecified atom stereocenters. The molecule has 0 radical (unpaired) electrons. The normalized spacial score (nSPS) is 12.2. The minimum atomic E-state index is 0.620. The van der Waals surface area contributed by atoms with Crippen LogP contribution in [0.25, 0.3) is 0 Å². The molecule has 0 saturated carbocycles. The largest absolute Gasteiger partial charge is 0.377 e. The van der Waals surface area contributed by atoms with Crippen LogP contribution < -0.4 is 0 Å². The summed E-state index contributed by atoms with van der Waals surface area (Å²) >= 11 is 0. The minimum absolute atomic E-state index is 0.620. The molecule has 0 bridgehead atoms. The number of rotatable bonds is 10. The fraction of sp³-hybridized carbons (Fsp3) is 0.786. The first-order valence-electron chi connectivity index (χ1n) is 6.32. The summed E-state index contributed by atoms with van der Waals surface area (Å²) in [5, 5.41) is 0. The van der Waals surface area contributed by atoms with Crippen molar-refractivity contribution in [2.45, 2.75) is 34.1 Å². The van der Waals surface area contributed by atoms with E-state index in [1.165, 1.54) is 5.71 Å². The quantitative estimate of drug-likeness (QED) is 0.334. The van der Waals surface area contributed by atoms with Gasteiger partial charge in [-0.1, -0.05) is 26.0 Å². The lowest BCUT2D eigenvalue weighted by atomic mass is 10.1. The van der Waals surface area contributed by atoms with E-state index in [9.17, 15) is 0 Å². The van der Waals surface area contributed by atoms with Gasteiger partial charge in [0.1, 0.15) is 0 Å². The Hall–Kier alpha value is -0.670. The average molecular weight is 241 g/mol. The molecule has 0 aromatic heterocycles. The molecule has 0 aromatic carbocycles. The molecule has 17 heavy (non-hydrogen) atoms. The van der Waals surface area contributed by atoms with Gasteiger partial charge in [-0.2, -0.15) is 0 Å². The maximum atomic E-state index is 5.41. The van der Waals surface area contributed by atoms with E-state index in [2.05, 4.69) is 32.3 Å². The van der Waals surface area contributed by atoms with Crippen LogP contribution in [0.3, 0.4) is 0 Å². The smallest absolute Gasteiger partial charge is 0.0704 e. The summed E-state index contributed by atoms with van der Waals surface area (Å²) in [6, 6.07) is 0. The predicted octanol–water partition coefficient (Wildman–Crippen LogP) is 3.10. The molecule has 0 atom stereocenters. The Kier molecular flexibility index (Phi) is 10.1. The molecule has 0 heterocycles. The lowest BCUT2D eigenvalue weighted by Crippen LogP contribution is -2.08. The van der Waals surface area contributed by atoms with Gasteiger partial charge in [0.15, 0.2) is 0 Å².